The highest BCUT2D eigenvalue weighted by atomic mass is 14.3. The van der Waals surface area contributed by atoms with E-state index in [1.165, 1.54) is 113 Å². The molecular formula is C76H80N4. The predicted octanol–water partition coefficient (Wildman–Crippen LogP) is 20.6. The van der Waals surface area contributed by atoms with Crippen LogP contribution in [-0.4, -0.2) is 0 Å². The highest BCUT2D eigenvalue weighted by Crippen LogP contribution is 2.38. The zero-order chi connectivity index (χ0) is 57.6. The summed E-state index contributed by atoms with van der Waals surface area (Å²) in [5.74, 6) is 3.25. The molecule has 2 saturated carbocycles. The fourth-order valence-corrected chi connectivity index (χ4v) is 11.8. The lowest BCUT2D eigenvalue weighted by molar-refractivity contribution is 0.348. The predicted molar refractivity (Wildman–Crippen MR) is 334 cm³/mol. The Bertz CT molecular complexity index is 3500. The normalized spacial score (nSPS) is 16.3. The molecule has 0 amide bonds. The maximum atomic E-state index is 9.21. The minimum atomic E-state index is 0.719. The Kier molecular flexibility index (Phi) is 20.4. The van der Waals surface area contributed by atoms with Gasteiger partial charge in [0.1, 0.15) is 0 Å². The van der Waals surface area contributed by atoms with Crippen molar-refractivity contribution in [1.82, 2.24) is 0 Å². The summed E-state index contributed by atoms with van der Waals surface area (Å²) in [6, 6.07) is 60.9. The molecule has 0 bridgehead atoms. The molecule has 80 heavy (non-hydrogen) atoms. The SMILES string of the molecule is Cc1cc(-c2ccc(C3CCC(C)CC3)cc2)cc(C)c1C#N.Cc1cc(C2CCC(C)CC2)cc(C)c1C#N.Cc1ccc(-c2cc(C)c(C#N)c(C)c2)cc1.Cc1ccc(-c2ccc(-c3cc(C)c(C#N)c(C)c3)cc2)cc1. The van der Waals surface area contributed by atoms with E-state index < -0.39 is 0 Å². The molecule has 10 rings (SSSR count). The van der Waals surface area contributed by atoms with Gasteiger partial charge in [0.05, 0.1) is 46.5 Å². The number of benzene rings is 8. The van der Waals surface area contributed by atoms with Crippen LogP contribution in [0.1, 0.15) is 166 Å². The summed E-state index contributed by atoms with van der Waals surface area (Å²) >= 11 is 0. The van der Waals surface area contributed by atoms with Crippen molar-refractivity contribution in [3.8, 4) is 68.8 Å². The van der Waals surface area contributed by atoms with Gasteiger partial charge in [-0.3, -0.25) is 0 Å². The first-order chi connectivity index (χ1) is 38.4. The first kappa shape index (κ1) is 59.4. The van der Waals surface area contributed by atoms with Crippen molar-refractivity contribution in [1.29, 1.82) is 21.0 Å². The topological polar surface area (TPSA) is 95.2 Å². The van der Waals surface area contributed by atoms with Gasteiger partial charge in [-0.25, -0.2) is 0 Å². The minimum absolute atomic E-state index is 0.719. The molecule has 2 aliphatic rings. The molecule has 0 N–H and O–H groups in total. The highest BCUT2D eigenvalue weighted by Gasteiger charge is 2.22. The van der Waals surface area contributed by atoms with Crippen LogP contribution >= 0.6 is 0 Å². The molecule has 4 heteroatoms. The Labute approximate surface area is 480 Å². The van der Waals surface area contributed by atoms with Crippen LogP contribution in [0.4, 0.5) is 0 Å². The molecule has 0 saturated heterocycles. The molecule has 0 spiro atoms. The molecule has 8 aromatic carbocycles. The van der Waals surface area contributed by atoms with Gasteiger partial charge in [-0.2, -0.15) is 21.0 Å². The van der Waals surface area contributed by atoms with Gasteiger partial charge in [-0.1, -0.05) is 196 Å². The molecule has 0 unspecified atom stereocenters. The third-order valence-corrected chi connectivity index (χ3v) is 16.8. The van der Waals surface area contributed by atoms with E-state index in [4.69, 9.17) is 10.5 Å². The van der Waals surface area contributed by atoms with Crippen LogP contribution in [-0.2, 0) is 0 Å². The zero-order valence-electron chi connectivity index (χ0n) is 49.6. The Morgan fingerprint density at radius 2 is 0.475 bits per heavy atom. The van der Waals surface area contributed by atoms with Crippen LogP contribution in [0.3, 0.4) is 0 Å². The molecule has 0 aliphatic heterocycles. The van der Waals surface area contributed by atoms with Crippen molar-refractivity contribution in [2.24, 2.45) is 11.8 Å². The smallest absolute Gasteiger partial charge is 0.0997 e. The molecule has 404 valence electrons. The lowest BCUT2D eigenvalue weighted by atomic mass is 9.78. The second-order valence-corrected chi connectivity index (χ2v) is 23.3. The number of hydrogen-bond acceptors (Lipinski definition) is 4. The summed E-state index contributed by atoms with van der Waals surface area (Å²) in [5.41, 5.74) is 26.9. The lowest BCUT2D eigenvalue weighted by Crippen LogP contribution is -2.11. The average Bonchev–Trinajstić information content (AvgIpc) is 3.44. The van der Waals surface area contributed by atoms with Gasteiger partial charge in [0, 0.05) is 0 Å². The Hall–Kier alpha value is -8.28. The van der Waals surface area contributed by atoms with Crippen LogP contribution < -0.4 is 0 Å². The lowest BCUT2D eigenvalue weighted by Gasteiger charge is -2.27. The number of nitriles is 4. The van der Waals surface area contributed by atoms with Gasteiger partial charge < -0.3 is 0 Å². The van der Waals surface area contributed by atoms with E-state index in [0.29, 0.717) is 0 Å². The number of nitrogens with zero attached hydrogens (tertiary/aromatic N) is 4. The molecule has 4 nitrogen and oxygen atoms in total. The Morgan fingerprint density at radius 1 is 0.263 bits per heavy atom. The quantitative estimate of drug-likeness (QED) is 0.166. The van der Waals surface area contributed by atoms with E-state index in [1.54, 1.807) is 0 Å². The first-order valence-corrected chi connectivity index (χ1v) is 28.8. The van der Waals surface area contributed by atoms with Gasteiger partial charge in [0.25, 0.3) is 0 Å². The summed E-state index contributed by atoms with van der Waals surface area (Å²) in [4.78, 5) is 0. The van der Waals surface area contributed by atoms with Crippen molar-refractivity contribution in [2.75, 3.05) is 0 Å². The molecular weight excluding hydrogens is 969 g/mol. The molecule has 0 heterocycles. The van der Waals surface area contributed by atoms with Crippen molar-refractivity contribution >= 4 is 0 Å². The van der Waals surface area contributed by atoms with Gasteiger partial charge in [-0.05, 0) is 219 Å². The summed E-state index contributed by atoms with van der Waals surface area (Å²) < 4.78 is 0. The fourth-order valence-electron chi connectivity index (χ4n) is 11.8. The summed E-state index contributed by atoms with van der Waals surface area (Å²) in [7, 11) is 0. The Balaban J connectivity index is 0.000000156. The van der Waals surface area contributed by atoms with Crippen molar-refractivity contribution < 1.29 is 0 Å². The maximum absolute atomic E-state index is 9.21. The number of aryl methyl sites for hydroxylation is 10. The van der Waals surface area contributed by atoms with Crippen LogP contribution in [0.5, 0.6) is 0 Å². The molecule has 0 aromatic heterocycles. The summed E-state index contributed by atoms with van der Waals surface area (Å²) in [6.45, 7) is 25.0. The summed E-state index contributed by atoms with van der Waals surface area (Å²) in [5, 5.41) is 36.5. The summed E-state index contributed by atoms with van der Waals surface area (Å²) in [6.07, 6.45) is 10.7. The van der Waals surface area contributed by atoms with Gasteiger partial charge in [0.2, 0.25) is 0 Å². The molecule has 2 fully saturated rings. The van der Waals surface area contributed by atoms with E-state index in [1.807, 2.05) is 41.5 Å². The van der Waals surface area contributed by atoms with E-state index in [9.17, 15) is 10.5 Å². The highest BCUT2D eigenvalue weighted by molar-refractivity contribution is 5.73. The molecule has 2 aliphatic carbocycles. The largest absolute Gasteiger partial charge is 0.192 e. The molecule has 8 aromatic rings. The third-order valence-electron chi connectivity index (χ3n) is 16.8. The standard InChI is InChI=1S/C22H25N.C22H19N.C16H21N.C16H15N/c2*1-15-4-6-18(7-5-15)19-8-10-20(11-9-19)21-12-16(2)22(14-23)17(3)13-21;2*1-11-4-6-14(7-5-11)15-8-12(2)16(10-17)13(3)9-15/h8-13,15,18H,4-7H2,1-3H3;4-13H,1-3H3;8-9,11,14H,4-7H2,1-3H3;4-9H,1-3H3. The minimum Gasteiger partial charge on any atom is -0.192 e. The fraction of sp³-hybridized carbons (Fsp3) is 0.316. The van der Waals surface area contributed by atoms with Crippen molar-refractivity contribution in [2.45, 2.75) is 146 Å². The van der Waals surface area contributed by atoms with Crippen molar-refractivity contribution in [3.05, 3.63) is 235 Å². The number of hydrogen-bond donors (Lipinski definition) is 0. The van der Waals surface area contributed by atoms with Crippen LogP contribution in [0, 0.1) is 126 Å². The van der Waals surface area contributed by atoms with E-state index in [-0.39, 0.29) is 0 Å². The maximum Gasteiger partial charge on any atom is 0.0997 e. The van der Waals surface area contributed by atoms with E-state index >= 15 is 0 Å². The molecule has 0 radical (unpaired) electrons. The average molecular weight is 1050 g/mol. The van der Waals surface area contributed by atoms with Crippen molar-refractivity contribution in [3.63, 3.8) is 0 Å². The first-order valence-electron chi connectivity index (χ1n) is 28.8. The Morgan fingerprint density at radius 3 is 0.738 bits per heavy atom. The number of rotatable bonds is 6. The van der Waals surface area contributed by atoms with Crippen LogP contribution in [0.25, 0.3) is 44.5 Å². The zero-order valence-corrected chi connectivity index (χ0v) is 49.6. The van der Waals surface area contributed by atoms with Gasteiger partial charge >= 0.3 is 0 Å². The third kappa shape index (κ3) is 15.1. The second-order valence-electron chi connectivity index (χ2n) is 23.3. The van der Waals surface area contributed by atoms with E-state index in [0.717, 1.165) is 96.0 Å². The molecule has 0 atom stereocenters. The van der Waals surface area contributed by atoms with E-state index in [2.05, 4.69) is 211 Å². The monoisotopic (exact) mass is 1050 g/mol. The van der Waals surface area contributed by atoms with Crippen LogP contribution in [0.15, 0.2) is 146 Å². The second kappa shape index (κ2) is 27.5. The van der Waals surface area contributed by atoms with Gasteiger partial charge in [-0.15, -0.1) is 0 Å². The van der Waals surface area contributed by atoms with Gasteiger partial charge in [0.15, 0.2) is 0 Å². The van der Waals surface area contributed by atoms with Crippen LogP contribution in [0.2, 0.25) is 0 Å².